The van der Waals surface area contributed by atoms with Crippen LogP contribution in [0, 0.1) is 22.2 Å². The molecule has 23 heavy (non-hydrogen) atoms. The second-order valence-electron chi connectivity index (χ2n) is 9.03. The Morgan fingerprint density at radius 3 is 2.70 bits per heavy atom. The summed E-state index contributed by atoms with van der Waals surface area (Å²) in [5.74, 6) is 0.758. The molecule has 4 aliphatic carbocycles. The van der Waals surface area contributed by atoms with Crippen molar-refractivity contribution >= 4 is 5.97 Å². The van der Waals surface area contributed by atoms with Gasteiger partial charge in [0.1, 0.15) is 0 Å². The predicted molar refractivity (Wildman–Crippen MR) is 91.9 cm³/mol. The summed E-state index contributed by atoms with van der Waals surface area (Å²) < 4.78 is 5.21. The normalized spacial score (nSPS) is 45.2. The largest absolute Gasteiger partial charge is 0.468 e. The van der Waals surface area contributed by atoms with Crippen molar-refractivity contribution in [1.29, 1.82) is 0 Å². The van der Waals surface area contributed by atoms with Gasteiger partial charge in [0, 0.05) is 5.41 Å². The van der Waals surface area contributed by atoms with Crippen molar-refractivity contribution < 1.29 is 9.53 Å². The Balaban J connectivity index is 1.87. The lowest BCUT2D eigenvalue weighted by atomic mass is 9.50. The van der Waals surface area contributed by atoms with Crippen LogP contribution in [0.2, 0.25) is 0 Å². The average Bonchev–Trinajstić information content (AvgIpc) is 2.80. The lowest BCUT2D eigenvalue weighted by molar-refractivity contribution is -0.150. The van der Waals surface area contributed by atoms with Crippen molar-refractivity contribution in [3.63, 3.8) is 0 Å². The van der Waals surface area contributed by atoms with Gasteiger partial charge in [-0.2, -0.15) is 0 Å². The zero-order valence-corrected chi connectivity index (χ0v) is 15.1. The molecule has 0 aromatic carbocycles. The molecule has 0 unspecified atom stereocenters. The van der Waals surface area contributed by atoms with Gasteiger partial charge in [-0.25, -0.2) is 0 Å². The Bertz CT molecular complexity index is 628. The van der Waals surface area contributed by atoms with Crippen LogP contribution in [-0.2, 0) is 9.53 Å². The summed E-state index contributed by atoms with van der Waals surface area (Å²) in [5.41, 5.74) is 5.13. The minimum atomic E-state index is -0.368. The molecule has 2 heteroatoms. The Hall–Kier alpha value is -1.05. The van der Waals surface area contributed by atoms with Crippen molar-refractivity contribution in [2.75, 3.05) is 7.11 Å². The molecule has 2 nitrogen and oxygen atoms in total. The zero-order chi connectivity index (χ0) is 16.5. The summed E-state index contributed by atoms with van der Waals surface area (Å²) in [4.78, 5) is 12.6. The third-order valence-corrected chi connectivity index (χ3v) is 8.14. The van der Waals surface area contributed by atoms with E-state index >= 15 is 0 Å². The third-order valence-electron chi connectivity index (χ3n) is 8.14. The number of carbonyl (C=O) groups is 1. The fourth-order valence-corrected chi connectivity index (χ4v) is 6.64. The van der Waals surface area contributed by atoms with Crippen molar-refractivity contribution in [3.8, 4) is 0 Å². The SMILES string of the molecule is COC(=O)[C@]1(C)CCCC2=C1CC[C@@]1(C)C[C@H]3C[C@@]21CC=C3C. The Labute approximate surface area is 140 Å². The van der Waals surface area contributed by atoms with E-state index in [1.807, 2.05) is 0 Å². The number of allylic oxidation sites excluding steroid dienone is 3. The second-order valence-corrected chi connectivity index (χ2v) is 9.03. The monoisotopic (exact) mass is 314 g/mol. The molecule has 1 spiro atoms. The number of hydrogen-bond acceptors (Lipinski definition) is 2. The van der Waals surface area contributed by atoms with Gasteiger partial charge in [-0.15, -0.1) is 0 Å². The van der Waals surface area contributed by atoms with Crippen LogP contribution in [0.4, 0.5) is 0 Å². The third kappa shape index (κ3) is 1.78. The molecular formula is C21H30O2. The van der Waals surface area contributed by atoms with Crippen LogP contribution in [0.3, 0.4) is 0 Å². The lowest BCUT2D eigenvalue weighted by Gasteiger charge is -2.54. The molecule has 0 radical (unpaired) electrons. The van der Waals surface area contributed by atoms with Crippen molar-refractivity contribution in [2.45, 2.75) is 72.1 Å². The highest BCUT2D eigenvalue weighted by Crippen LogP contribution is 2.71. The van der Waals surface area contributed by atoms with Crippen molar-refractivity contribution in [2.24, 2.45) is 22.2 Å². The maximum atomic E-state index is 12.6. The van der Waals surface area contributed by atoms with E-state index in [-0.39, 0.29) is 11.4 Å². The molecule has 0 amide bonds. The smallest absolute Gasteiger partial charge is 0.315 e. The molecule has 4 aliphatic rings. The highest BCUT2D eigenvalue weighted by atomic mass is 16.5. The maximum Gasteiger partial charge on any atom is 0.315 e. The number of esters is 1. The van der Waals surface area contributed by atoms with Crippen LogP contribution in [0.1, 0.15) is 72.1 Å². The summed E-state index contributed by atoms with van der Waals surface area (Å²) in [5, 5.41) is 0. The van der Waals surface area contributed by atoms with Crippen molar-refractivity contribution in [3.05, 3.63) is 22.8 Å². The molecule has 0 N–H and O–H groups in total. The minimum Gasteiger partial charge on any atom is -0.468 e. The van der Waals surface area contributed by atoms with Gasteiger partial charge in [-0.05, 0) is 76.5 Å². The first-order valence-corrected chi connectivity index (χ1v) is 9.34. The Morgan fingerprint density at radius 2 is 1.96 bits per heavy atom. The number of fused-ring (bicyclic) bond motifs is 1. The fraction of sp³-hybridized carbons (Fsp3) is 0.762. The van der Waals surface area contributed by atoms with E-state index in [9.17, 15) is 4.79 Å². The van der Waals surface area contributed by atoms with Crippen LogP contribution in [0.5, 0.6) is 0 Å². The van der Waals surface area contributed by atoms with E-state index < -0.39 is 0 Å². The summed E-state index contributed by atoms with van der Waals surface area (Å²) in [6.07, 6.45) is 12.0. The molecule has 0 aliphatic heterocycles. The zero-order valence-electron chi connectivity index (χ0n) is 15.1. The average molecular weight is 314 g/mol. The van der Waals surface area contributed by atoms with Crippen LogP contribution >= 0.6 is 0 Å². The van der Waals surface area contributed by atoms with E-state index in [1.165, 1.54) is 37.7 Å². The highest BCUT2D eigenvalue weighted by Gasteiger charge is 2.62. The number of ether oxygens (including phenoxy) is 1. The number of methoxy groups -OCH3 is 1. The molecule has 0 heterocycles. The van der Waals surface area contributed by atoms with Gasteiger partial charge >= 0.3 is 5.97 Å². The van der Waals surface area contributed by atoms with Gasteiger partial charge in [0.15, 0.2) is 0 Å². The molecule has 0 aromatic rings. The van der Waals surface area contributed by atoms with Crippen LogP contribution in [0.25, 0.3) is 0 Å². The molecular weight excluding hydrogens is 284 g/mol. The number of rotatable bonds is 1. The molecule has 1 fully saturated rings. The van der Waals surface area contributed by atoms with E-state index in [0.717, 1.165) is 25.2 Å². The standard InChI is InChI=1S/C21H30O2/c1-14-7-11-21-13-15(14)12-19(21,2)10-8-16-17(21)6-5-9-20(16,3)18(22)23-4/h7,15H,5-6,8-13H2,1-4H3/t15-,19-,20+,21-/m0/s1. The molecule has 126 valence electrons. The molecule has 0 saturated heterocycles. The lowest BCUT2D eigenvalue weighted by Crippen LogP contribution is -2.46. The topological polar surface area (TPSA) is 26.3 Å². The summed E-state index contributed by atoms with van der Waals surface area (Å²) in [7, 11) is 1.55. The van der Waals surface area contributed by atoms with Gasteiger partial charge in [0.05, 0.1) is 12.5 Å². The first-order valence-electron chi connectivity index (χ1n) is 9.34. The molecule has 2 bridgehead atoms. The van der Waals surface area contributed by atoms with Crippen LogP contribution in [0.15, 0.2) is 22.8 Å². The van der Waals surface area contributed by atoms with Gasteiger partial charge in [0.2, 0.25) is 0 Å². The quantitative estimate of drug-likeness (QED) is 0.491. The van der Waals surface area contributed by atoms with Gasteiger partial charge in [-0.1, -0.05) is 29.7 Å². The maximum absolute atomic E-state index is 12.6. The van der Waals surface area contributed by atoms with Crippen molar-refractivity contribution in [1.82, 2.24) is 0 Å². The van der Waals surface area contributed by atoms with E-state index in [1.54, 1.807) is 18.3 Å². The summed E-state index contributed by atoms with van der Waals surface area (Å²) >= 11 is 0. The molecule has 4 rings (SSSR count). The first-order chi connectivity index (χ1) is 10.9. The van der Waals surface area contributed by atoms with E-state index in [2.05, 4.69) is 26.8 Å². The molecule has 0 aromatic heterocycles. The van der Waals surface area contributed by atoms with Gasteiger partial charge < -0.3 is 4.74 Å². The Morgan fingerprint density at radius 1 is 1.17 bits per heavy atom. The van der Waals surface area contributed by atoms with Crippen LogP contribution in [-0.4, -0.2) is 13.1 Å². The fourth-order valence-electron chi connectivity index (χ4n) is 6.64. The van der Waals surface area contributed by atoms with Crippen LogP contribution < -0.4 is 0 Å². The summed E-state index contributed by atoms with van der Waals surface area (Å²) in [6, 6.07) is 0. The van der Waals surface area contributed by atoms with E-state index in [4.69, 9.17) is 4.74 Å². The number of hydrogen-bond donors (Lipinski definition) is 0. The molecule has 4 atom stereocenters. The second kappa shape index (κ2) is 4.74. The highest BCUT2D eigenvalue weighted by molar-refractivity contribution is 5.81. The van der Waals surface area contributed by atoms with Gasteiger partial charge in [-0.3, -0.25) is 4.79 Å². The molecule has 1 saturated carbocycles. The Kier molecular flexibility index (Phi) is 3.19. The predicted octanol–water partition coefficient (Wildman–Crippen LogP) is 5.19. The summed E-state index contributed by atoms with van der Waals surface area (Å²) in [6.45, 7) is 7.00. The minimum absolute atomic E-state index is 0.0122. The first kappa shape index (κ1) is 15.5. The van der Waals surface area contributed by atoms with E-state index in [0.29, 0.717) is 10.8 Å². The number of carbonyl (C=O) groups excluding carboxylic acids is 1. The van der Waals surface area contributed by atoms with Gasteiger partial charge in [0.25, 0.3) is 0 Å².